The van der Waals surface area contributed by atoms with Crippen molar-refractivity contribution in [1.82, 2.24) is 9.62 Å². The van der Waals surface area contributed by atoms with E-state index in [2.05, 4.69) is 27.9 Å². The van der Waals surface area contributed by atoms with Gasteiger partial charge in [0.25, 0.3) is 0 Å². The zero-order chi connectivity index (χ0) is 19.7. The molecule has 28 heavy (non-hydrogen) atoms. The van der Waals surface area contributed by atoms with Gasteiger partial charge in [-0.2, -0.15) is 0 Å². The molecule has 1 aromatic carbocycles. The van der Waals surface area contributed by atoms with Crippen molar-refractivity contribution in [1.29, 1.82) is 0 Å². The molecule has 4 rings (SSSR count). The van der Waals surface area contributed by atoms with Crippen LogP contribution in [0, 0.1) is 5.92 Å². The van der Waals surface area contributed by atoms with Gasteiger partial charge in [0.1, 0.15) is 0 Å². The lowest BCUT2D eigenvalue weighted by molar-refractivity contribution is 0.193. The number of nitrogens with zero attached hydrogens (tertiary/aromatic N) is 1. The van der Waals surface area contributed by atoms with Crippen molar-refractivity contribution < 1.29 is 13.2 Å². The van der Waals surface area contributed by atoms with Crippen molar-refractivity contribution in [2.75, 3.05) is 30.7 Å². The first-order chi connectivity index (χ1) is 13.4. The number of urea groups is 1. The number of anilines is 1. The second-order valence-corrected chi connectivity index (χ2v) is 10.2. The molecule has 0 spiro atoms. The Balaban J connectivity index is 1.44. The maximum atomic E-state index is 12.6. The summed E-state index contributed by atoms with van der Waals surface area (Å²) in [6, 6.07) is 1.69. The SMILES string of the molecule is CCN1CCCC(CS(=O)(=O)NC(=O)Nc2c3c(cc4c2CCC4)CCC3)C1. The van der Waals surface area contributed by atoms with Gasteiger partial charge in [-0.1, -0.05) is 13.0 Å². The Morgan fingerprint density at radius 2 is 1.79 bits per heavy atom. The van der Waals surface area contributed by atoms with Gasteiger partial charge in [-0.3, -0.25) is 0 Å². The van der Waals surface area contributed by atoms with Crippen LogP contribution < -0.4 is 10.0 Å². The lowest BCUT2D eigenvalue weighted by Crippen LogP contribution is -2.42. The van der Waals surface area contributed by atoms with Crippen LogP contribution in [0.1, 0.15) is 54.9 Å². The Morgan fingerprint density at radius 3 is 2.43 bits per heavy atom. The summed E-state index contributed by atoms with van der Waals surface area (Å²) in [6.45, 7) is 4.86. The van der Waals surface area contributed by atoms with E-state index < -0.39 is 16.1 Å². The van der Waals surface area contributed by atoms with Crippen LogP contribution in [0.5, 0.6) is 0 Å². The smallest absolute Gasteiger partial charge is 0.307 e. The topological polar surface area (TPSA) is 78.5 Å². The number of aryl methyl sites for hydroxylation is 2. The monoisotopic (exact) mass is 405 g/mol. The second-order valence-electron chi connectivity index (χ2n) is 8.47. The van der Waals surface area contributed by atoms with Gasteiger partial charge in [0.05, 0.1) is 5.75 Å². The summed E-state index contributed by atoms with van der Waals surface area (Å²) in [4.78, 5) is 14.9. The molecule has 3 aliphatic rings. The molecule has 0 saturated carbocycles. The number of benzene rings is 1. The fraction of sp³-hybridized carbons (Fsp3) is 0.667. The lowest BCUT2D eigenvalue weighted by atomic mass is 9.99. The zero-order valence-corrected chi connectivity index (χ0v) is 17.5. The molecule has 1 atom stereocenters. The molecule has 154 valence electrons. The van der Waals surface area contributed by atoms with Crippen LogP contribution in [-0.4, -0.2) is 44.7 Å². The van der Waals surface area contributed by atoms with E-state index in [0.29, 0.717) is 0 Å². The first-order valence-electron chi connectivity index (χ1n) is 10.7. The van der Waals surface area contributed by atoms with Crippen molar-refractivity contribution in [2.24, 2.45) is 5.92 Å². The van der Waals surface area contributed by atoms with E-state index in [-0.39, 0.29) is 11.7 Å². The molecule has 1 saturated heterocycles. The summed E-state index contributed by atoms with van der Waals surface area (Å²) >= 11 is 0. The third-order valence-electron chi connectivity index (χ3n) is 6.47. The van der Waals surface area contributed by atoms with E-state index in [0.717, 1.165) is 76.7 Å². The average molecular weight is 406 g/mol. The van der Waals surface area contributed by atoms with Crippen LogP contribution in [0.25, 0.3) is 0 Å². The van der Waals surface area contributed by atoms with Crippen molar-refractivity contribution >= 4 is 21.7 Å². The number of piperidine rings is 1. The van der Waals surface area contributed by atoms with Crippen LogP contribution in [0.2, 0.25) is 0 Å². The Labute approximate surface area is 168 Å². The molecule has 0 aromatic heterocycles. The summed E-state index contributed by atoms with van der Waals surface area (Å²) in [5.41, 5.74) is 5.93. The highest BCUT2D eigenvalue weighted by Crippen LogP contribution is 2.38. The third kappa shape index (κ3) is 4.20. The molecule has 2 amide bonds. The fourth-order valence-electron chi connectivity index (χ4n) is 5.17. The normalized spacial score (nSPS) is 22.0. The fourth-order valence-corrected chi connectivity index (χ4v) is 6.48. The average Bonchev–Trinajstić information content (AvgIpc) is 3.29. The Hall–Kier alpha value is -1.60. The summed E-state index contributed by atoms with van der Waals surface area (Å²) in [6.07, 6.45) is 8.13. The van der Waals surface area contributed by atoms with E-state index in [1.54, 1.807) is 0 Å². The number of rotatable bonds is 5. The van der Waals surface area contributed by atoms with Crippen LogP contribution in [0.3, 0.4) is 0 Å². The molecule has 2 N–H and O–H groups in total. The first-order valence-corrected chi connectivity index (χ1v) is 12.3. The Bertz CT molecular complexity index is 834. The molecule has 1 aliphatic heterocycles. The molecule has 1 fully saturated rings. The largest absolute Gasteiger partial charge is 0.332 e. The van der Waals surface area contributed by atoms with Gasteiger partial charge in [0.2, 0.25) is 10.0 Å². The van der Waals surface area contributed by atoms with E-state index in [1.165, 1.54) is 22.3 Å². The van der Waals surface area contributed by atoms with Gasteiger partial charge in [-0.15, -0.1) is 0 Å². The molecule has 0 bridgehead atoms. The number of likely N-dealkylation sites (tertiary alicyclic amines) is 1. The summed E-state index contributed by atoms with van der Waals surface area (Å²) in [7, 11) is -3.65. The standard InChI is InChI=1S/C21H31N3O3S/c1-2-24-11-5-6-15(13-24)14-28(26,27)23-21(25)22-20-18-9-3-7-16(18)12-17-8-4-10-19(17)20/h12,15H,2-11,13-14H2,1H3,(H2,22,23,25). The van der Waals surface area contributed by atoms with Gasteiger partial charge >= 0.3 is 6.03 Å². The molecule has 2 aliphatic carbocycles. The number of carbonyl (C=O) groups is 1. The Morgan fingerprint density at radius 1 is 1.11 bits per heavy atom. The maximum absolute atomic E-state index is 12.6. The Kier molecular flexibility index (Phi) is 5.65. The van der Waals surface area contributed by atoms with Gasteiger partial charge in [0.15, 0.2) is 0 Å². The van der Waals surface area contributed by atoms with Gasteiger partial charge in [-0.25, -0.2) is 17.9 Å². The quantitative estimate of drug-likeness (QED) is 0.790. The first kappa shape index (κ1) is 19.7. The predicted molar refractivity (Wildman–Crippen MR) is 111 cm³/mol. The predicted octanol–water partition coefficient (Wildman–Crippen LogP) is 2.85. The van der Waals surface area contributed by atoms with E-state index in [9.17, 15) is 13.2 Å². The van der Waals surface area contributed by atoms with Crippen molar-refractivity contribution in [3.05, 3.63) is 28.3 Å². The van der Waals surface area contributed by atoms with E-state index >= 15 is 0 Å². The minimum atomic E-state index is -3.65. The van der Waals surface area contributed by atoms with Crippen LogP contribution in [-0.2, 0) is 35.7 Å². The number of fused-ring (bicyclic) bond motifs is 2. The summed E-state index contributed by atoms with van der Waals surface area (Å²) in [5.74, 6) is 0.103. The molecular weight excluding hydrogens is 374 g/mol. The summed E-state index contributed by atoms with van der Waals surface area (Å²) in [5, 5.41) is 2.92. The minimum Gasteiger partial charge on any atom is -0.307 e. The molecule has 6 nitrogen and oxygen atoms in total. The molecule has 1 aromatic rings. The van der Waals surface area contributed by atoms with Gasteiger partial charge in [-0.05, 0) is 92.6 Å². The van der Waals surface area contributed by atoms with Gasteiger partial charge < -0.3 is 10.2 Å². The molecule has 7 heteroatoms. The van der Waals surface area contributed by atoms with Gasteiger partial charge in [0, 0.05) is 12.2 Å². The zero-order valence-electron chi connectivity index (χ0n) is 16.7. The molecule has 1 unspecified atom stereocenters. The highest BCUT2D eigenvalue weighted by atomic mass is 32.2. The number of sulfonamides is 1. The molecule has 1 heterocycles. The molecule has 0 radical (unpaired) electrons. The van der Waals surface area contributed by atoms with Crippen molar-refractivity contribution in [3.8, 4) is 0 Å². The van der Waals surface area contributed by atoms with Crippen LogP contribution in [0.4, 0.5) is 10.5 Å². The van der Waals surface area contributed by atoms with Crippen molar-refractivity contribution in [2.45, 2.75) is 58.3 Å². The van der Waals surface area contributed by atoms with Crippen molar-refractivity contribution in [3.63, 3.8) is 0 Å². The minimum absolute atomic E-state index is 0.0158. The maximum Gasteiger partial charge on any atom is 0.332 e. The number of hydrogen-bond donors (Lipinski definition) is 2. The van der Waals surface area contributed by atoms with E-state index in [1.807, 2.05) is 0 Å². The number of hydrogen-bond acceptors (Lipinski definition) is 4. The number of amides is 2. The third-order valence-corrected chi connectivity index (χ3v) is 7.87. The van der Waals surface area contributed by atoms with E-state index in [4.69, 9.17) is 0 Å². The number of carbonyl (C=O) groups excluding carboxylic acids is 1. The molecular formula is C21H31N3O3S. The summed E-state index contributed by atoms with van der Waals surface area (Å²) < 4.78 is 27.4. The number of nitrogens with one attached hydrogen (secondary N) is 2. The second kappa shape index (κ2) is 8.03. The highest BCUT2D eigenvalue weighted by molar-refractivity contribution is 7.90. The van der Waals surface area contributed by atoms with Crippen LogP contribution in [0.15, 0.2) is 6.07 Å². The highest BCUT2D eigenvalue weighted by Gasteiger charge is 2.28. The van der Waals surface area contributed by atoms with Crippen LogP contribution >= 0.6 is 0 Å². The lowest BCUT2D eigenvalue weighted by Gasteiger charge is -2.31.